The van der Waals surface area contributed by atoms with Crippen molar-refractivity contribution in [2.45, 2.75) is 38.3 Å². The normalized spacial score (nSPS) is 12.6. The van der Waals surface area contributed by atoms with E-state index in [1.807, 2.05) is 13.8 Å². The molecular weight excluding hydrogens is 485 g/mol. The lowest BCUT2D eigenvalue weighted by molar-refractivity contribution is -0.140. The number of hydrogen-bond donors (Lipinski definition) is 1. The number of carbonyl (C=O) groups excluding carboxylic acids is 2. The number of sulfonamides is 1. The highest BCUT2D eigenvalue weighted by Crippen LogP contribution is 2.19. The van der Waals surface area contributed by atoms with Gasteiger partial charge in [-0.15, -0.1) is 0 Å². The summed E-state index contributed by atoms with van der Waals surface area (Å²) in [6.07, 6.45) is 0. The quantitative estimate of drug-likeness (QED) is 0.523. The average molecular weight is 514 g/mol. The minimum absolute atomic E-state index is 0.0224. The fourth-order valence-electron chi connectivity index (χ4n) is 2.97. The highest BCUT2D eigenvalue weighted by molar-refractivity contribution is 7.89. The van der Waals surface area contributed by atoms with Crippen LogP contribution in [0, 0.1) is 5.92 Å². The molecule has 33 heavy (non-hydrogen) atoms. The lowest BCUT2D eigenvalue weighted by atomic mass is 10.1. The zero-order valence-electron chi connectivity index (χ0n) is 19.1. The number of hydrogen-bond acceptors (Lipinski definition) is 4. The van der Waals surface area contributed by atoms with Crippen molar-refractivity contribution in [2.24, 2.45) is 5.92 Å². The monoisotopic (exact) mass is 513 g/mol. The molecule has 0 aliphatic rings. The Morgan fingerprint density at radius 1 is 0.939 bits per heavy atom. The van der Waals surface area contributed by atoms with Gasteiger partial charge in [0.2, 0.25) is 21.8 Å². The molecule has 2 rings (SSSR count). The van der Waals surface area contributed by atoms with E-state index < -0.39 is 28.5 Å². The van der Waals surface area contributed by atoms with Gasteiger partial charge >= 0.3 is 0 Å². The lowest BCUT2D eigenvalue weighted by Gasteiger charge is -2.30. The van der Waals surface area contributed by atoms with Gasteiger partial charge in [-0.1, -0.05) is 49.2 Å². The maximum atomic E-state index is 13.2. The fraction of sp³-hybridized carbons (Fsp3) is 0.391. The molecule has 1 unspecified atom stereocenters. The Hall–Kier alpha value is -2.13. The molecule has 0 bridgehead atoms. The molecule has 180 valence electrons. The maximum absolute atomic E-state index is 13.2. The van der Waals surface area contributed by atoms with E-state index >= 15 is 0 Å². The van der Waals surface area contributed by atoms with Crippen LogP contribution in [-0.4, -0.2) is 55.6 Å². The van der Waals surface area contributed by atoms with Crippen molar-refractivity contribution < 1.29 is 18.0 Å². The molecule has 0 aromatic heterocycles. The van der Waals surface area contributed by atoms with E-state index in [0.29, 0.717) is 16.6 Å². The molecule has 0 fully saturated rings. The van der Waals surface area contributed by atoms with Crippen molar-refractivity contribution >= 4 is 45.0 Å². The van der Waals surface area contributed by atoms with Gasteiger partial charge in [-0.2, -0.15) is 4.31 Å². The molecule has 0 saturated carbocycles. The van der Waals surface area contributed by atoms with E-state index in [-0.39, 0.29) is 23.3 Å². The lowest BCUT2D eigenvalue weighted by Crippen LogP contribution is -2.51. The third kappa shape index (κ3) is 7.71. The Bertz CT molecular complexity index is 1060. The standard InChI is InChI=1S/C23H29Cl2N3O4S/c1-16(2)13-26-23(30)17(3)28(14-18-5-7-19(24)8-6-18)22(29)15-27(4)33(31,32)21-11-9-20(25)10-12-21/h5-12,16-17H,13-15H2,1-4H3,(H,26,30). The first kappa shape index (κ1) is 27.1. The van der Waals surface area contributed by atoms with Gasteiger partial charge < -0.3 is 10.2 Å². The van der Waals surface area contributed by atoms with E-state index in [0.717, 1.165) is 9.87 Å². The number of nitrogens with zero attached hydrogens (tertiary/aromatic N) is 2. The van der Waals surface area contributed by atoms with Crippen LogP contribution in [0.25, 0.3) is 0 Å². The van der Waals surface area contributed by atoms with Gasteiger partial charge in [0.15, 0.2) is 0 Å². The van der Waals surface area contributed by atoms with Crippen LogP contribution in [0.5, 0.6) is 0 Å². The summed E-state index contributed by atoms with van der Waals surface area (Å²) >= 11 is 11.8. The summed E-state index contributed by atoms with van der Waals surface area (Å²) in [6, 6.07) is 11.8. The van der Waals surface area contributed by atoms with Crippen molar-refractivity contribution in [3.05, 3.63) is 64.1 Å². The highest BCUT2D eigenvalue weighted by Gasteiger charge is 2.30. The zero-order valence-corrected chi connectivity index (χ0v) is 21.4. The Balaban J connectivity index is 2.24. The Morgan fingerprint density at radius 2 is 1.45 bits per heavy atom. The molecule has 10 heteroatoms. The largest absolute Gasteiger partial charge is 0.354 e. The topological polar surface area (TPSA) is 86.8 Å². The smallest absolute Gasteiger partial charge is 0.243 e. The summed E-state index contributed by atoms with van der Waals surface area (Å²) in [4.78, 5) is 27.3. The van der Waals surface area contributed by atoms with E-state index in [9.17, 15) is 18.0 Å². The molecule has 2 aromatic carbocycles. The summed E-state index contributed by atoms with van der Waals surface area (Å²) in [5.41, 5.74) is 0.763. The first-order valence-electron chi connectivity index (χ1n) is 10.5. The molecule has 0 radical (unpaired) electrons. The predicted octanol–water partition coefficient (Wildman–Crippen LogP) is 3.80. The molecule has 1 atom stereocenters. The number of rotatable bonds is 10. The number of carbonyl (C=O) groups is 2. The molecule has 1 N–H and O–H groups in total. The minimum Gasteiger partial charge on any atom is -0.354 e. The number of benzene rings is 2. The summed E-state index contributed by atoms with van der Waals surface area (Å²) < 4.78 is 26.8. The molecular formula is C23H29Cl2N3O4S. The SMILES string of the molecule is CC(C)CNC(=O)C(C)N(Cc1ccc(Cl)cc1)C(=O)CN(C)S(=O)(=O)c1ccc(Cl)cc1. The van der Waals surface area contributed by atoms with E-state index in [4.69, 9.17) is 23.2 Å². The first-order valence-corrected chi connectivity index (χ1v) is 12.6. The third-order valence-corrected chi connectivity index (χ3v) is 7.32. The predicted molar refractivity (Wildman–Crippen MR) is 131 cm³/mol. The van der Waals surface area contributed by atoms with Crippen LogP contribution in [0.4, 0.5) is 0 Å². The van der Waals surface area contributed by atoms with Crippen molar-refractivity contribution in [3.8, 4) is 0 Å². The van der Waals surface area contributed by atoms with Crippen LogP contribution in [0.2, 0.25) is 10.0 Å². The van der Waals surface area contributed by atoms with Gasteiger partial charge in [0, 0.05) is 30.2 Å². The van der Waals surface area contributed by atoms with E-state index in [2.05, 4.69) is 5.32 Å². The molecule has 7 nitrogen and oxygen atoms in total. The molecule has 0 spiro atoms. The van der Waals surface area contributed by atoms with Crippen LogP contribution in [0.3, 0.4) is 0 Å². The van der Waals surface area contributed by atoms with Gasteiger partial charge in [0.05, 0.1) is 11.4 Å². The third-order valence-electron chi connectivity index (χ3n) is 5.00. The fourth-order valence-corrected chi connectivity index (χ4v) is 4.35. The molecule has 2 aromatic rings. The van der Waals surface area contributed by atoms with Gasteiger partial charge in [-0.25, -0.2) is 8.42 Å². The zero-order chi connectivity index (χ0) is 24.8. The van der Waals surface area contributed by atoms with Gasteiger partial charge in [-0.05, 0) is 54.8 Å². The maximum Gasteiger partial charge on any atom is 0.243 e. The number of amides is 2. The van der Waals surface area contributed by atoms with Crippen molar-refractivity contribution in [2.75, 3.05) is 20.1 Å². The van der Waals surface area contributed by atoms with Crippen LogP contribution >= 0.6 is 23.2 Å². The van der Waals surface area contributed by atoms with Gasteiger partial charge in [0.1, 0.15) is 6.04 Å². The summed E-state index contributed by atoms with van der Waals surface area (Å²) in [5, 5.41) is 3.78. The molecule has 0 heterocycles. The Morgan fingerprint density at radius 3 is 1.97 bits per heavy atom. The average Bonchev–Trinajstić information content (AvgIpc) is 2.76. The second-order valence-corrected chi connectivity index (χ2v) is 11.1. The summed E-state index contributed by atoms with van der Waals surface area (Å²) in [6.45, 7) is 5.73. The van der Waals surface area contributed by atoms with Gasteiger partial charge in [-0.3, -0.25) is 9.59 Å². The van der Waals surface area contributed by atoms with E-state index in [1.165, 1.54) is 36.2 Å². The second-order valence-electron chi connectivity index (χ2n) is 8.18. The number of halogens is 2. The van der Waals surface area contributed by atoms with Crippen molar-refractivity contribution in [1.29, 1.82) is 0 Å². The minimum atomic E-state index is -3.92. The van der Waals surface area contributed by atoms with E-state index in [1.54, 1.807) is 31.2 Å². The summed E-state index contributed by atoms with van der Waals surface area (Å²) in [7, 11) is -2.60. The Kier molecular flexibility index (Phi) is 9.72. The van der Waals surface area contributed by atoms with Crippen LogP contribution in [0.15, 0.2) is 53.4 Å². The van der Waals surface area contributed by atoms with Gasteiger partial charge in [0.25, 0.3) is 0 Å². The van der Waals surface area contributed by atoms with Crippen molar-refractivity contribution in [3.63, 3.8) is 0 Å². The van der Waals surface area contributed by atoms with Crippen LogP contribution in [-0.2, 0) is 26.2 Å². The molecule has 0 aliphatic heterocycles. The first-order chi connectivity index (χ1) is 15.4. The van der Waals surface area contributed by atoms with Crippen LogP contribution < -0.4 is 5.32 Å². The number of nitrogens with one attached hydrogen (secondary N) is 1. The Labute approximate surface area is 205 Å². The number of likely N-dealkylation sites (N-methyl/N-ethyl adjacent to an activating group) is 1. The van der Waals surface area contributed by atoms with Crippen molar-refractivity contribution in [1.82, 2.24) is 14.5 Å². The summed E-state index contributed by atoms with van der Waals surface area (Å²) in [5.74, 6) is -0.566. The highest BCUT2D eigenvalue weighted by atomic mass is 35.5. The molecule has 2 amide bonds. The molecule has 0 saturated heterocycles. The molecule has 0 aliphatic carbocycles. The second kappa shape index (κ2) is 11.8. The van der Waals surface area contributed by atoms with Crippen LogP contribution in [0.1, 0.15) is 26.3 Å².